The number of carbonyl (C=O) groups excluding carboxylic acids is 1. The quantitative estimate of drug-likeness (QED) is 0.670. The van der Waals surface area contributed by atoms with Gasteiger partial charge >= 0.3 is 5.97 Å². The van der Waals surface area contributed by atoms with Crippen molar-refractivity contribution in [1.82, 2.24) is 0 Å². The largest absolute Gasteiger partial charge is 0.462 e. The van der Waals surface area contributed by atoms with E-state index in [9.17, 15) is 4.79 Å². The summed E-state index contributed by atoms with van der Waals surface area (Å²) in [6, 6.07) is 12.6. The Morgan fingerprint density at radius 2 is 1.81 bits per heavy atom. The second-order valence-electron chi connectivity index (χ2n) is 4.57. The lowest BCUT2D eigenvalue weighted by molar-refractivity contribution is 0.0526. The molecule has 0 fully saturated rings. The number of anilines is 1. The Balaban J connectivity index is 2.21. The van der Waals surface area contributed by atoms with E-state index in [1.807, 2.05) is 24.3 Å². The van der Waals surface area contributed by atoms with Gasteiger partial charge in [0.15, 0.2) is 5.75 Å². The highest BCUT2D eigenvalue weighted by molar-refractivity contribution is 5.90. The van der Waals surface area contributed by atoms with E-state index in [0.717, 1.165) is 6.42 Å². The first-order valence-corrected chi connectivity index (χ1v) is 6.97. The van der Waals surface area contributed by atoms with Crippen LogP contribution in [0.4, 0.5) is 5.69 Å². The molecule has 0 atom stereocenters. The average Bonchev–Trinajstić information content (AvgIpc) is 2.50. The molecule has 2 aromatic carbocycles. The maximum absolute atomic E-state index is 11.7. The van der Waals surface area contributed by atoms with Crippen LogP contribution in [0.25, 0.3) is 0 Å². The van der Waals surface area contributed by atoms with Gasteiger partial charge in [-0.25, -0.2) is 4.79 Å². The Bertz CT molecular complexity index is 620. The molecule has 110 valence electrons. The molecule has 2 rings (SSSR count). The van der Waals surface area contributed by atoms with Crippen LogP contribution < -0.4 is 10.5 Å². The fourth-order valence-corrected chi connectivity index (χ4v) is 1.88. The highest BCUT2D eigenvalue weighted by Gasteiger charge is 2.10. The highest BCUT2D eigenvalue weighted by Crippen LogP contribution is 2.29. The van der Waals surface area contributed by atoms with Gasteiger partial charge in [0.1, 0.15) is 5.75 Å². The molecule has 0 aromatic heterocycles. The van der Waals surface area contributed by atoms with Gasteiger partial charge in [-0.05, 0) is 49.2 Å². The smallest absolute Gasteiger partial charge is 0.338 e. The lowest BCUT2D eigenvalue weighted by Gasteiger charge is -2.10. The molecule has 0 spiro atoms. The van der Waals surface area contributed by atoms with Crippen molar-refractivity contribution in [3.05, 3.63) is 53.6 Å². The summed E-state index contributed by atoms with van der Waals surface area (Å²) in [5, 5.41) is 0. The molecule has 0 aliphatic carbocycles. The molecule has 21 heavy (non-hydrogen) atoms. The van der Waals surface area contributed by atoms with Crippen LogP contribution in [-0.2, 0) is 11.2 Å². The molecule has 0 unspecified atom stereocenters. The number of nitrogen functional groups attached to an aromatic ring is 1. The maximum Gasteiger partial charge on any atom is 0.338 e. The molecule has 0 heterocycles. The van der Waals surface area contributed by atoms with Crippen LogP contribution >= 0.6 is 0 Å². The minimum atomic E-state index is -0.385. The van der Waals surface area contributed by atoms with Gasteiger partial charge in [0.05, 0.1) is 17.9 Å². The minimum Gasteiger partial charge on any atom is -0.462 e. The van der Waals surface area contributed by atoms with Crippen LogP contribution in [0.3, 0.4) is 0 Å². The Kier molecular flexibility index (Phi) is 4.82. The van der Waals surface area contributed by atoms with Crippen molar-refractivity contribution in [3.63, 3.8) is 0 Å². The van der Waals surface area contributed by atoms with Gasteiger partial charge in [0.25, 0.3) is 0 Å². The molecule has 0 saturated heterocycles. The molecule has 2 aromatic rings. The van der Waals surface area contributed by atoms with Crippen molar-refractivity contribution in [3.8, 4) is 11.5 Å². The fourth-order valence-electron chi connectivity index (χ4n) is 1.88. The van der Waals surface area contributed by atoms with Crippen LogP contribution in [0.2, 0.25) is 0 Å². The zero-order valence-corrected chi connectivity index (χ0v) is 12.3. The van der Waals surface area contributed by atoms with Crippen LogP contribution in [0, 0.1) is 0 Å². The topological polar surface area (TPSA) is 61.5 Å². The first kappa shape index (κ1) is 14.9. The molecule has 0 aliphatic heterocycles. The molecule has 0 amide bonds. The fraction of sp³-hybridized carbons (Fsp3) is 0.235. The third-order valence-electron chi connectivity index (χ3n) is 3.08. The summed E-state index contributed by atoms with van der Waals surface area (Å²) < 4.78 is 10.7. The van der Waals surface area contributed by atoms with Crippen molar-refractivity contribution in [2.45, 2.75) is 20.3 Å². The van der Waals surface area contributed by atoms with Gasteiger partial charge < -0.3 is 15.2 Å². The van der Waals surface area contributed by atoms with E-state index >= 15 is 0 Å². The van der Waals surface area contributed by atoms with E-state index in [1.54, 1.807) is 25.1 Å². The number of rotatable bonds is 5. The summed E-state index contributed by atoms with van der Waals surface area (Å²) >= 11 is 0. The molecule has 0 saturated carbocycles. The molecular weight excluding hydrogens is 266 g/mol. The van der Waals surface area contributed by atoms with E-state index in [0.29, 0.717) is 29.4 Å². The van der Waals surface area contributed by atoms with Crippen LogP contribution in [0.1, 0.15) is 29.8 Å². The first-order chi connectivity index (χ1) is 10.1. The van der Waals surface area contributed by atoms with E-state index in [1.165, 1.54) is 5.56 Å². The van der Waals surface area contributed by atoms with E-state index < -0.39 is 0 Å². The molecule has 0 aliphatic rings. The molecule has 4 nitrogen and oxygen atoms in total. The van der Waals surface area contributed by atoms with Crippen LogP contribution in [0.5, 0.6) is 11.5 Å². The number of ether oxygens (including phenoxy) is 2. The van der Waals surface area contributed by atoms with Crippen molar-refractivity contribution in [1.29, 1.82) is 0 Å². The summed E-state index contributed by atoms with van der Waals surface area (Å²) in [7, 11) is 0. The number of carbonyl (C=O) groups is 1. The summed E-state index contributed by atoms with van der Waals surface area (Å²) in [6.07, 6.45) is 0.973. The SMILES string of the molecule is CCOC(=O)c1ccc(N)c(Oc2ccc(CC)cc2)c1. The Morgan fingerprint density at radius 3 is 2.43 bits per heavy atom. The van der Waals surface area contributed by atoms with Crippen molar-refractivity contribution in [2.24, 2.45) is 0 Å². The van der Waals surface area contributed by atoms with Crippen molar-refractivity contribution >= 4 is 11.7 Å². The lowest BCUT2D eigenvalue weighted by Crippen LogP contribution is -2.05. The lowest BCUT2D eigenvalue weighted by atomic mass is 10.1. The standard InChI is InChI=1S/C17H19NO3/c1-3-12-5-8-14(9-6-12)21-16-11-13(7-10-15(16)18)17(19)20-4-2/h5-11H,3-4,18H2,1-2H3. The average molecular weight is 285 g/mol. The van der Waals surface area contributed by atoms with Crippen LogP contribution in [0.15, 0.2) is 42.5 Å². The Labute approximate surface area is 124 Å². The summed E-state index contributed by atoms with van der Waals surface area (Å²) in [4.78, 5) is 11.7. The predicted octanol–water partition coefficient (Wildman–Crippen LogP) is 3.80. The zero-order valence-electron chi connectivity index (χ0n) is 12.3. The Hall–Kier alpha value is -2.49. The third kappa shape index (κ3) is 3.75. The second kappa shape index (κ2) is 6.79. The molecular formula is C17H19NO3. The molecule has 0 radical (unpaired) electrons. The molecule has 2 N–H and O–H groups in total. The number of hydrogen-bond donors (Lipinski definition) is 1. The first-order valence-electron chi connectivity index (χ1n) is 6.97. The van der Waals surface area contributed by atoms with Gasteiger partial charge in [-0.3, -0.25) is 0 Å². The molecule has 0 bridgehead atoms. The van der Waals surface area contributed by atoms with Crippen molar-refractivity contribution in [2.75, 3.05) is 12.3 Å². The van der Waals surface area contributed by atoms with Crippen LogP contribution in [-0.4, -0.2) is 12.6 Å². The number of aryl methyl sites for hydroxylation is 1. The number of nitrogens with two attached hydrogens (primary N) is 1. The van der Waals surface area contributed by atoms with E-state index in [4.69, 9.17) is 15.2 Å². The third-order valence-corrected chi connectivity index (χ3v) is 3.08. The van der Waals surface area contributed by atoms with Gasteiger partial charge in [-0.2, -0.15) is 0 Å². The number of esters is 1. The summed E-state index contributed by atoms with van der Waals surface area (Å²) in [5.41, 5.74) is 8.02. The highest BCUT2D eigenvalue weighted by atomic mass is 16.5. The Morgan fingerprint density at radius 1 is 1.10 bits per heavy atom. The normalized spacial score (nSPS) is 10.2. The summed E-state index contributed by atoms with van der Waals surface area (Å²) in [5.74, 6) is 0.744. The molecule has 4 heteroatoms. The van der Waals surface area contributed by atoms with Gasteiger partial charge in [0, 0.05) is 0 Å². The van der Waals surface area contributed by atoms with Gasteiger partial charge in [-0.15, -0.1) is 0 Å². The monoisotopic (exact) mass is 285 g/mol. The second-order valence-corrected chi connectivity index (χ2v) is 4.57. The predicted molar refractivity (Wildman–Crippen MR) is 82.7 cm³/mol. The van der Waals surface area contributed by atoms with Crippen molar-refractivity contribution < 1.29 is 14.3 Å². The summed E-state index contributed by atoms with van der Waals surface area (Å²) in [6.45, 7) is 4.19. The van der Waals surface area contributed by atoms with Gasteiger partial charge in [-0.1, -0.05) is 19.1 Å². The maximum atomic E-state index is 11.7. The number of hydrogen-bond acceptors (Lipinski definition) is 4. The van der Waals surface area contributed by atoms with E-state index in [-0.39, 0.29) is 5.97 Å². The zero-order chi connectivity index (χ0) is 15.2. The number of benzene rings is 2. The van der Waals surface area contributed by atoms with Gasteiger partial charge in [0.2, 0.25) is 0 Å². The van der Waals surface area contributed by atoms with E-state index in [2.05, 4.69) is 6.92 Å². The minimum absolute atomic E-state index is 0.331.